The molecule has 1 aromatic rings. The van der Waals surface area contributed by atoms with Crippen LogP contribution in [0.4, 0.5) is 0 Å². The van der Waals surface area contributed by atoms with E-state index in [1.807, 2.05) is 13.0 Å². The molecule has 0 aromatic carbocycles. The highest BCUT2D eigenvalue weighted by Gasteiger charge is 2.69. The summed E-state index contributed by atoms with van der Waals surface area (Å²) in [6.07, 6.45) is 6.53. The molecule has 4 rings (SSSR count). The molecule has 0 amide bonds. The van der Waals surface area contributed by atoms with Crippen LogP contribution in [0.2, 0.25) is 0 Å². The number of rotatable bonds is 1. The normalized spacial score (nSPS) is 43.0. The molecule has 2 saturated carbocycles. The Bertz CT molecular complexity index is 734. The summed E-state index contributed by atoms with van der Waals surface area (Å²) in [7, 11) is 1.42. The predicted octanol–water partition coefficient (Wildman–Crippen LogP) is 3.98. The number of esters is 1. The number of fused-ring (bicyclic) bond motifs is 4. The van der Waals surface area contributed by atoms with Crippen molar-refractivity contribution >= 4 is 11.5 Å². The van der Waals surface area contributed by atoms with Gasteiger partial charge < -0.3 is 14.3 Å². The van der Waals surface area contributed by atoms with Gasteiger partial charge in [0.2, 0.25) is 0 Å². The standard InChI is InChI=1S/C21H28O4/c1-13-14-6-10-21(23)19(2,8-5-9-20(21,3)18(22)24-4)16(14)12-17-15(13)7-11-25-17/h7,11,14,16,23H,1,5-6,8-10,12H2,2-4H3/t14-,16-,19+,20+,21-/m0/s1. The minimum Gasteiger partial charge on any atom is -0.469 e. The Kier molecular flexibility index (Phi) is 3.53. The van der Waals surface area contributed by atoms with Gasteiger partial charge in [0.05, 0.1) is 24.4 Å². The summed E-state index contributed by atoms with van der Waals surface area (Å²) >= 11 is 0. The quantitative estimate of drug-likeness (QED) is 0.783. The summed E-state index contributed by atoms with van der Waals surface area (Å²) in [6, 6.07) is 2.01. The fourth-order valence-corrected chi connectivity index (χ4v) is 6.38. The monoisotopic (exact) mass is 344 g/mol. The smallest absolute Gasteiger partial charge is 0.314 e. The maximum absolute atomic E-state index is 12.7. The number of ether oxygens (including phenoxy) is 1. The predicted molar refractivity (Wildman–Crippen MR) is 94.7 cm³/mol. The number of allylic oxidation sites excluding steroid dienone is 1. The summed E-state index contributed by atoms with van der Waals surface area (Å²) < 4.78 is 10.8. The van der Waals surface area contributed by atoms with Gasteiger partial charge in [0, 0.05) is 17.4 Å². The first-order valence-electron chi connectivity index (χ1n) is 9.35. The number of carbonyl (C=O) groups is 1. The first-order valence-corrected chi connectivity index (χ1v) is 9.35. The van der Waals surface area contributed by atoms with E-state index in [1.54, 1.807) is 6.26 Å². The Hall–Kier alpha value is -1.55. The van der Waals surface area contributed by atoms with Crippen LogP contribution >= 0.6 is 0 Å². The van der Waals surface area contributed by atoms with Crippen molar-refractivity contribution in [2.24, 2.45) is 22.7 Å². The van der Waals surface area contributed by atoms with Crippen LogP contribution in [-0.4, -0.2) is 23.8 Å². The van der Waals surface area contributed by atoms with Crippen LogP contribution in [0.15, 0.2) is 23.3 Å². The lowest BCUT2D eigenvalue weighted by molar-refractivity contribution is -0.243. The van der Waals surface area contributed by atoms with Crippen LogP contribution in [0, 0.1) is 22.7 Å². The molecule has 0 spiro atoms. The van der Waals surface area contributed by atoms with Crippen molar-refractivity contribution in [1.29, 1.82) is 0 Å². The van der Waals surface area contributed by atoms with E-state index < -0.39 is 11.0 Å². The van der Waals surface area contributed by atoms with Crippen molar-refractivity contribution in [3.8, 4) is 0 Å². The van der Waals surface area contributed by atoms with E-state index in [1.165, 1.54) is 7.11 Å². The maximum atomic E-state index is 12.7. The fraction of sp³-hybridized carbons (Fsp3) is 0.667. The topological polar surface area (TPSA) is 59.7 Å². The molecule has 25 heavy (non-hydrogen) atoms. The third-order valence-electron chi connectivity index (χ3n) is 7.93. The number of hydrogen-bond acceptors (Lipinski definition) is 4. The van der Waals surface area contributed by atoms with Gasteiger partial charge >= 0.3 is 5.97 Å². The van der Waals surface area contributed by atoms with Crippen LogP contribution in [-0.2, 0) is 16.0 Å². The van der Waals surface area contributed by atoms with E-state index in [4.69, 9.17) is 9.15 Å². The van der Waals surface area contributed by atoms with Gasteiger partial charge in [-0.25, -0.2) is 0 Å². The Morgan fingerprint density at radius 1 is 1.36 bits per heavy atom. The molecule has 4 nitrogen and oxygen atoms in total. The zero-order valence-corrected chi connectivity index (χ0v) is 15.4. The average Bonchev–Trinajstić information content (AvgIpc) is 3.06. The van der Waals surface area contributed by atoms with Gasteiger partial charge in [0.15, 0.2) is 0 Å². The molecular weight excluding hydrogens is 316 g/mol. The molecule has 0 saturated heterocycles. The van der Waals surface area contributed by atoms with E-state index in [0.717, 1.165) is 42.6 Å². The van der Waals surface area contributed by atoms with E-state index in [2.05, 4.69) is 13.5 Å². The summed E-state index contributed by atoms with van der Waals surface area (Å²) in [4.78, 5) is 12.7. The lowest BCUT2D eigenvalue weighted by atomic mass is 9.41. The molecule has 1 heterocycles. The molecule has 0 aliphatic heterocycles. The van der Waals surface area contributed by atoms with Gasteiger partial charge in [-0.15, -0.1) is 0 Å². The van der Waals surface area contributed by atoms with Gasteiger partial charge in [-0.3, -0.25) is 4.79 Å². The molecule has 3 aliphatic rings. The molecule has 0 unspecified atom stereocenters. The molecule has 4 heteroatoms. The van der Waals surface area contributed by atoms with Crippen molar-refractivity contribution in [1.82, 2.24) is 0 Å². The van der Waals surface area contributed by atoms with E-state index in [9.17, 15) is 9.90 Å². The number of hydrogen-bond donors (Lipinski definition) is 1. The number of carbonyl (C=O) groups excluding carboxylic acids is 1. The van der Waals surface area contributed by atoms with Crippen LogP contribution in [0.25, 0.3) is 5.57 Å². The fourth-order valence-electron chi connectivity index (χ4n) is 6.38. The Morgan fingerprint density at radius 3 is 2.84 bits per heavy atom. The second-order valence-corrected chi connectivity index (χ2v) is 8.69. The highest BCUT2D eigenvalue weighted by atomic mass is 16.5. The van der Waals surface area contributed by atoms with Crippen LogP contribution < -0.4 is 0 Å². The third-order valence-corrected chi connectivity index (χ3v) is 7.93. The molecule has 1 N–H and O–H groups in total. The van der Waals surface area contributed by atoms with Crippen molar-refractivity contribution in [3.63, 3.8) is 0 Å². The SMILES string of the molecule is C=C1c2ccoc2C[C@H]2[C@H]1CC[C@@]1(O)[C@@](C)(C(=O)OC)CCC[C@]21C. The van der Waals surface area contributed by atoms with E-state index in [0.29, 0.717) is 18.8 Å². The first kappa shape index (κ1) is 16.9. The zero-order chi connectivity index (χ0) is 18.0. The highest BCUT2D eigenvalue weighted by molar-refractivity contribution is 5.79. The first-order chi connectivity index (χ1) is 11.8. The second kappa shape index (κ2) is 5.23. The van der Waals surface area contributed by atoms with Gasteiger partial charge in [-0.05, 0) is 56.1 Å². The second-order valence-electron chi connectivity index (χ2n) is 8.69. The van der Waals surface area contributed by atoms with Gasteiger partial charge in [0.1, 0.15) is 5.76 Å². The van der Waals surface area contributed by atoms with Crippen LogP contribution in [0.5, 0.6) is 0 Å². The van der Waals surface area contributed by atoms with Crippen LogP contribution in [0.3, 0.4) is 0 Å². The molecular formula is C21H28O4. The van der Waals surface area contributed by atoms with Gasteiger partial charge in [0.25, 0.3) is 0 Å². The van der Waals surface area contributed by atoms with Crippen molar-refractivity contribution in [2.75, 3.05) is 7.11 Å². The molecule has 0 bridgehead atoms. The largest absolute Gasteiger partial charge is 0.469 e. The summed E-state index contributed by atoms with van der Waals surface area (Å²) in [5.74, 6) is 1.27. The van der Waals surface area contributed by atoms with Crippen molar-refractivity contribution < 1.29 is 19.1 Å². The highest BCUT2D eigenvalue weighted by Crippen LogP contribution is 2.66. The average molecular weight is 344 g/mol. The number of methoxy groups -OCH3 is 1. The third kappa shape index (κ3) is 1.89. The van der Waals surface area contributed by atoms with E-state index in [-0.39, 0.29) is 17.3 Å². The molecule has 1 aromatic heterocycles. The zero-order valence-electron chi connectivity index (χ0n) is 15.4. The number of aliphatic hydroxyl groups is 1. The minimum atomic E-state index is -1.06. The maximum Gasteiger partial charge on any atom is 0.314 e. The van der Waals surface area contributed by atoms with Crippen LogP contribution in [0.1, 0.15) is 57.3 Å². The molecule has 3 aliphatic carbocycles. The molecule has 0 radical (unpaired) electrons. The van der Waals surface area contributed by atoms with Crippen molar-refractivity contribution in [3.05, 3.63) is 30.2 Å². The van der Waals surface area contributed by atoms with Gasteiger partial charge in [-0.1, -0.05) is 19.9 Å². The van der Waals surface area contributed by atoms with Gasteiger partial charge in [-0.2, -0.15) is 0 Å². The minimum absolute atomic E-state index is 0.238. The Morgan fingerprint density at radius 2 is 2.12 bits per heavy atom. The Labute approximate surface area is 149 Å². The molecule has 5 atom stereocenters. The summed E-state index contributed by atoms with van der Waals surface area (Å²) in [6.45, 7) is 8.43. The molecule has 136 valence electrons. The number of furan rings is 1. The molecule has 2 fully saturated rings. The van der Waals surface area contributed by atoms with Crippen molar-refractivity contribution in [2.45, 2.75) is 58.0 Å². The lowest BCUT2D eigenvalue weighted by Gasteiger charge is -2.64. The lowest BCUT2D eigenvalue weighted by Crippen LogP contribution is -2.68. The Balaban J connectivity index is 1.81. The summed E-state index contributed by atoms with van der Waals surface area (Å²) in [5, 5.41) is 11.9. The summed E-state index contributed by atoms with van der Waals surface area (Å²) in [5.41, 5.74) is 0.00165. The van der Waals surface area contributed by atoms with E-state index >= 15 is 0 Å².